The van der Waals surface area contributed by atoms with Crippen molar-refractivity contribution in [3.8, 4) is 5.75 Å². The normalized spacial score (nSPS) is 12.2. The quantitative estimate of drug-likeness (QED) is 0.401. The molecule has 164 valence electrons. The second-order valence-corrected chi connectivity index (χ2v) is 7.39. The fraction of sp³-hybridized carbons (Fsp3) is 0.375. The molecule has 0 amide bonds. The van der Waals surface area contributed by atoms with E-state index in [1.54, 1.807) is 18.7 Å². The van der Waals surface area contributed by atoms with Gasteiger partial charge in [-0.05, 0) is 37.5 Å². The van der Waals surface area contributed by atoms with Gasteiger partial charge < -0.3 is 9.30 Å². The van der Waals surface area contributed by atoms with Crippen molar-refractivity contribution in [1.82, 2.24) is 14.3 Å². The highest BCUT2D eigenvalue weighted by molar-refractivity contribution is 5.94. The Kier molecular flexibility index (Phi) is 7.65. The van der Waals surface area contributed by atoms with Gasteiger partial charge in [0, 0.05) is 44.5 Å². The number of hydrogen-bond donors (Lipinski definition) is 1. The first-order valence-electron chi connectivity index (χ1n) is 10.7. The summed E-state index contributed by atoms with van der Waals surface area (Å²) < 4.78 is 8.93. The highest BCUT2D eigenvalue weighted by atomic mass is 16.5. The highest BCUT2D eigenvalue weighted by Crippen LogP contribution is 2.15. The van der Waals surface area contributed by atoms with Crippen LogP contribution in [-0.2, 0) is 20.0 Å². The van der Waals surface area contributed by atoms with Crippen molar-refractivity contribution in [3.05, 3.63) is 75.0 Å². The Morgan fingerprint density at radius 1 is 1.23 bits per heavy atom. The van der Waals surface area contributed by atoms with Gasteiger partial charge in [0.25, 0.3) is 11.1 Å². The smallest absolute Gasteiger partial charge is 0.275 e. The predicted molar refractivity (Wildman–Crippen MR) is 125 cm³/mol. The molecule has 2 aromatic heterocycles. The first-order valence-corrected chi connectivity index (χ1v) is 10.7. The van der Waals surface area contributed by atoms with Crippen LogP contribution in [0.15, 0.2) is 63.1 Å². The summed E-state index contributed by atoms with van der Waals surface area (Å²) in [7, 11) is 3.42. The molecule has 2 heterocycles. The van der Waals surface area contributed by atoms with Gasteiger partial charge in [-0.15, -0.1) is 0 Å². The van der Waals surface area contributed by atoms with Crippen molar-refractivity contribution in [3.63, 3.8) is 0 Å². The van der Waals surface area contributed by atoms with Gasteiger partial charge in [-0.2, -0.15) is 0 Å². The second kappa shape index (κ2) is 10.6. The summed E-state index contributed by atoms with van der Waals surface area (Å²) in [5.41, 5.74) is 1.99. The largest absolute Gasteiger partial charge is 0.494 e. The van der Waals surface area contributed by atoms with Crippen LogP contribution in [0.25, 0.3) is 10.9 Å². The molecule has 7 nitrogen and oxygen atoms in total. The molecule has 7 heteroatoms. The standard InChI is InChI=1S/C24H30N4O3/c1-4-5-10-18(25-2)14-15-28-21(13-9-16-31-19-11-7-6-8-12-19)23-20(17-22(28)29)26-27(3)24(23)30/h5-8,10-12,17,26H,4,9,13-16H2,1-3H3/b10-5-,25-18?. The Morgan fingerprint density at radius 2 is 2.00 bits per heavy atom. The Bertz CT molecular complexity index is 1180. The van der Waals surface area contributed by atoms with Crippen LogP contribution in [0.4, 0.5) is 0 Å². The van der Waals surface area contributed by atoms with E-state index in [2.05, 4.69) is 23.1 Å². The van der Waals surface area contributed by atoms with Crippen molar-refractivity contribution < 1.29 is 4.74 Å². The van der Waals surface area contributed by atoms with E-state index in [1.165, 1.54) is 10.7 Å². The molecule has 0 bridgehead atoms. The minimum absolute atomic E-state index is 0.122. The van der Waals surface area contributed by atoms with Crippen LogP contribution in [0.3, 0.4) is 0 Å². The Labute approximate surface area is 181 Å². The number of benzene rings is 1. The molecule has 0 fully saturated rings. The van der Waals surface area contributed by atoms with Crippen molar-refractivity contribution in [2.24, 2.45) is 12.0 Å². The predicted octanol–water partition coefficient (Wildman–Crippen LogP) is 3.47. The summed E-state index contributed by atoms with van der Waals surface area (Å²) in [5, 5.41) is 3.55. The van der Waals surface area contributed by atoms with E-state index in [1.807, 2.05) is 36.4 Å². The molecule has 1 aromatic carbocycles. The van der Waals surface area contributed by atoms with E-state index in [0.717, 1.165) is 23.6 Å². The summed E-state index contributed by atoms with van der Waals surface area (Å²) in [5.74, 6) is 0.808. The lowest BCUT2D eigenvalue weighted by Crippen LogP contribution is -2.26. The number of aryl methyl sites for hydroxylation is 2. The van der Waals surface area contributed by atoms with Crippen LogP contribution in [0.1, 0.15) is 31.9 Å². The molecule has 0 unspecified atom stereocenters. The average molecular weight is 423 g/mol. The second-order valence-electron chi connectivity index (χ2n) is 7.39. The number of nitrogens with zero attached hydrogens (tertiary/aromatic N) is 3. The molecule has 1 N–H and O–H groups in total. The molecule has 3 rings (SSSR count). The molecule has 0 spiro atoms. The van der Waals surface area contributed by atoms with E-state index in [0.29, 0.717) is 43.3 Å². The number of allylic oxidation sites excluding steroid dienone is 2. The highest BCUT2D eigenvalue weighted by Gasteiger charge is 2.16. The van der Waals surface area contributed by atoms with Gasteiger partial charge in [-0.1, -0.05) is 31.2 Å². The van der Waals surface area contributed by atoms with Crippen LogP contribution in [0, 0.1) is 0 Å². The Morgan fingerprint density at radius 3 is 2.71 bits per heavy atom. The third kappa shape index (κ3) is 5.42. The van der Waals surface area contributed by atoms with E-state index in [-0.39, 0.29) is 11.1 Å². The molecule has 3 aromatic rings. The number of hydrogen-bond acceptors (Lipinski definition) is 4. The number of nitrogens with one attached hydrogen (secondary N) is 1. The van der Waals surface area contributed by atoms with Gasteiger partial charge in [-0.25, -0.2) is 0 Å². The first kappa shape index (κ1) is 22.3. The summed E-state index contributed by atoms with van der Waals surface area (Å²) >= 11 is 0. The SMILES string of the molecule is CC/C=C\C(CCn1c(CCCOc2ccccc2)c2c(=O)n(C)[nH]c2cc1=O)=NC. The van der Waals surface area contributed by atoms with Gasteiger partial charge in [-0.3, -0.25) is 24.4 Å². The molecule has 0 aliphatic rings. The molecule has 0 saturated carbocycles. The third-order valence-corrected chi connectivity index (χ3v) is 5.22. The van der Waals surface area contributed by atoms with Crippen LogP contribution >= 0.6 is 0 Å². The fourth-order valence-electron chi connectivity index (χ4n) is 3.62. The third-order valence-electron chi connectivity index (χ3n) is 5.22. The number of aromatic nitrogens is 3. The van der Waals surface area contributed by atoms with Crippen molar-refractivity contribution >= 4 is 16.6 Å². The minimum Gasteiger partial charge on any atom is -0.494 e. The monoisotopic (exact) mass is 422 g/mol. The van der Waals surface area contributed by atoms with E-state index in [4.69, 9.17) is 4.74 Å². The summed E-state index contributed by atoms with van der Waals surface area (Å²) in [4.78, 5) is 30.0. The topological polar surface area (TPSA) is 81.4 Å². The Hall–Kier alpha value is -3.35. The zero-order chi connectivity index (χ0) is 22.2. The van der Waals surface area contributed by atoms with Crippen LogP contribution < -0.4 is 15.9 Å². The van der Waals surface area contributed by atoms with Gasteiger partial charge >= 0.3 is 0 Å². The maximum atomic E-state index is 12.9. The number of aliphatic imine (C=N–C) groups is 1. The number of H-pyrrole nitrogens is 1. The van der Waals surface area contributed by atoms with E-state index >= 15 is 0 Å². The molecule has 0 aliphatic heterocycles. The average Bonchev–Trinajstić information content (AvgIpc) is 3.06. The molecule has 0 aliphatic carbocycles. The van der Waals surface area contributed by atoms with Crippen LogP contribution in [-0.4, -0.2) is 33.7 Å². The maximum Gasteiger partial charge on any atom is 0.275 e. The Balaban J connectivity index is 1.86. The summed E-state index contributed by atoms with van der Waals surface area (Å²) in [6.07, 6.45) is 6.85. The number of ether oxygens (including phenoxy) is 1. The van der Waals surface area contributed by atoms with E-state index < -0.39 is 0 Å². The molecule has 0 saturated heterocycles. The van der Waals surface area contributed by atoms with Gasteiger partial charge in [0.2, 0.25) is 0 Å². The summed E-state index contributed by atoms with van der Waals surface area (Å²) in [6, 6.07) is 11.1. The first-order chi connectivity index (χ1) is 15.0. The van der Waals surface area contributed by atoms with Crippen LogP contribution in [0.2, 0.25) is 0 Å². The maximum absolute atomic E-state index is 12.9. The molecule has 0 radical (unpaired) electrons. The van der Waals surface area contributed by atoms with Crippen molar-refractivity contribution in [1.29, 1.82) is 0 Å². The minimum atomic E-state index is -0.127. The fourth-order valence-corrected chi connectivity index (χ4v) is 3.62. The number of aromatic amines is 1. The number of fused-ring (bicyclic) bond motifs is 1. The molecule has 0 atom stereocenters. The summed E-state index contributed by atoms with van der Waals surface area (Å²) in [6.45, 7) is 3.04. The molecular weight excluding hydrogens is 392 g/mol. The van der Waals surface area contributed by atoms with Crippen molar-refractivity contribution in [2.75, 3.05) is 13.7 Å². The lowest BCUT2D eigenvalue weighted by atomic mass is 10.1. The van der Waals surface area contributed by atoms with Gasteiger partial charge in [0.05, 0.1) is 17.5 Å². The van der Waals surface area contributed by atoms with Gasteiger partial charge in [0.15, 0.2) is 0 Å². The lowest BCUT2D eigenvalue weighted by Gasteiger charge is -2.14. The van der Waals surface area contributed by atoms with Gasteiger partial charge in [0.1, 0.15) is 5.75 Å². The lowest BCUT2D eigenvalue weighted by molar-refractivity contribution is 0.310. The number of para-hydroxylation sites is 1. The van der Waals surface area contributed by atoms with E-state index in [9.17, 15) is 9.59 Å². The number of pyridine rings is 1. The number of rotatable bonds is 10. The zero-order valence-corrected chi connectivity index (χ0v) is 18.4. The van der Waals surface area contributed by atoms with Crippen molar-refractivity contribution in [2.45, 2.75) is 39.2 Å². The zero-order valence-electron chi connectivity index (χ0n) is 18.4. The molecular formula is C24H30N4O3. The van der Waals surface area contributed by atoms with Crippen LogP contribution in [0.5, 0.6) is 5.75 Å². The molecule has 31 heavy (non-hydrogen) atoms.